The van der Waals surface area contributed by atoms with E-state index in [2.05, 4.69) is 11.2 Å². The fraction of sp³-hybridized carbons (Fsp3) is 0.150. The molecule has 0 bridgehead atoms. The number of nitriles is 1. The van der Waals surface area contributed by atoms with Crippen LogP contribution in [0.15, 0.2) is 54.6 Å². The number of rotatable bonds is 5. The highest BCUT2D eigenvalue weighted by molar-refractivity contribution is 5.89. The number of benzene rings is 2. The van der Waals surface area contributed by atoms with Gasteiger partial charge >= 0.3 is 5.97 Å². The summed E-state index contributed by atoms with van der Waals surface area (Å²) < 4.78 is 11.9. The number of hydrogen-bond acceptors (Lipinski definition) is 5. The number of carbonyl (C=O) groups excluding carboxylic acids is 1. The maximum Gasteiger partial charge on any atom is 0.358 e. The lowest BCUT2D eigenvalue weighted by atomic mass is 10.1. The van der Waals surface area contributed by atoms with Crippen LogP contribution in [0.2, 0.25) is 0 Å². The van der Waals surface area contributed by atoms with E-state index in [0.29, 0.717) is 5.56 Å². The van der Waals surface area contributed by atoms with Crippen LogP contribution in [-0.2, 0) is 4.74 Å². The molecule has 3 aromatic rings. The van der Waals surface area contributed by atoms with Crippen molar-refractivity contribution in [2.24, 2.45) is 0 Å². The third-order valence-corrected chi connectivity index (χ3v) is 3.82. The monoisotopic (exact) mass is 347 g/mol. The first-order chi connectivity index (χ1) is 12.7. The molecule has 0 spiro atoms. The molecular weight excluding hydrogens is 330 g/mol. The van der Waals surface area contributed by atoms with Crippen LogP contribution in [-0.4, -0.2) is 29.5 Å². The zero-order valence-electron chi connectivity index (χ0n) is 14.5. The summed E-state index contributed by atoms with van der Waals surface area (Å²) >= 11 is 0. The van der Waals surface area contributed by atoms with Gasteiger partial charge in [-0.15, -0.1) is 0 Å². The number of esters is 1. The van der Waals surface area contributed by atoms with E-state index in [9.17, 15) is 4.79 Å². The predicted octanol–water partition coefficient (Wildman–Crippen LogP) is 3.60. The van der Waals surface area contributed by atoms with Crippen molar-refractivity contribution >= 4 is 5.97 Å². The van der Waals surface area contributed by atoms with E-state index in [1.54, 1.807) is 36.9 Å². The Balaban J connectivity index is 2.10. The number of aromatic nitrogens is 2. The summed E-state index contributed by atoms with van der Waals surface area (Å²) in [6.07, 6.45) is 0. The van der Waals surface area contributed by atoms with E-state index in [1.807, 2.05) is 36.4 Å². The van der Waals surface area contributed by atoms with E-state index in [1.165, 1.54) is 0 Å². The smallest absolute Gasteiger partial charge is 0.358 e. The highest BCUT2D eigenvalue weighted by Crippen LogP contribution is 2.26. The first-order valence-corrected chi connectivity index (χ1v) is 8.08. The van der Waals surface area contributed by atoms with Gasteiger partial charge in [-0.05, 0) is 49.4 Å². The second-order valence-electron chi connectivity index (χ2n) is 5.43. The van der Waals surface area contributed by atoms with Crippen LogP contribution >= 0.6 is 0 Å². The lowest BCUT2D eigenvalue weighted by molar-refractivity contribution is 0.0519. The van der Waals surface area contributed by atoms with Crippen molar-refractivity contribution in [3.05, 3.63) is 65.9 Å². The Morgan fingerprint density at radius 1 is 1.15 bits per heavy atom. The molecule has 1 heterocycles. The highest BCUT2D eigenvalue weighted by Gasteiger charge is 2.17. The Kier molecular flexibility index (Phi) is 4.99. The van der Waals surface area contributed by atoms with Crippen molar-refractivity contribution in [3.63, 3.8) is 0 Å². The van der Waals surface area contributed by atoms with Gasteiger partial charge in [0, 0.05) is 5.56 Å². The molecule has 26 heavy (non-hydrogen) atoms. The largest absolute Gasteiger partial charge is 0.497 e. The molecule has 1 aromatic heterocycles. The number of ether oxygens (including phenoxy) is 2. The SMILES string of the molecule is CCOC(=O)c1cc(-c2ccc(C#N)cc2)n(-c2ccc(OC)cc2)n1. The lowest BCUT2D eigenvalue weighted by Crippen LogP contribution is -2.06. The summed E-state index contributed by atoms with van der Waals surface area (Å²) in [5, 5.41) is 13.4. The van der Waals surface area contributed by atoms with Gasteiger partial charge < -0.3 is 9.47 Å². The molecule has 0 radical (unpaired) electrons. The molecule has 0 fully saturated rings. The van der Waals surface area contributed by atoms with Gasteiger partial charge in [-0.3, -0.25) is 0 Å². The van der Waals surface area contributed by atoms with Crippen LogP contribution in [0.1, 0.15) is 23.0 Å². The Morgan fingerprint density at radius 2 is 1.85 bits per heavy atom. The van der Waals surface area contributed by atoms with Gasteiger partial charge in [-0.1, -0.05) is 12.1 Å². The molecule has 0 amide bonds. The summed E-state index contributed by atoms with van der Waals surface area (Å²) in [4.78, 5) is 12.1. The zero-order valence-corrected chi connectivity index (χ0v) is 14.5. The van der Waals surface area contributed by atoms with Crippen molar-refractivity contribution in [2.45, 2.75) is 6.92 Å². The summed E-state index contributed by atoms with van der Waals surface area (Å²) in [7, 11) is 1.60. The second kappa shape index (κ2) is 7.53. The van der Waals surface area contributed by atoms with Crippen molar-refractivity contribution in [2.75, 3.05) is 13.7 Å². The van der Waals surface area contributed by atoms with Crippen molar-refractivity contribution < 1.29 is 14.3 Å². The average molecular weight is 347 g/mol. The Bertz CT molecular complexity index is 951. The standard InChI is InChI=1S/C20H17N3O3/c1-3-26-20(24)18-12-19(15-6-4-14(13-21)5-7-15)23(22-18)16-8-10-17(25-2)11-9-16/h4-12H,3H2,1-2H3. The highest BCUT2D eigenvalue weighted by atomic mass is 16.5. The summed E-state index contributed by atoms with van der Waals surface area (Å²) in [6, 6.07) is 18.2. The molecule has 0 unspecified atom stereocenters. The number of hydrogen-bond donors (Lipinski definition) is 0. The van der Waals surface area contributed by atoms with E-state index >= 15 is 0 Å². The van der Waals surface area contributed by atoms with Gasteiger partial charge in [-0.2, -0.15) is 10.4 Å². The quantitative estimate of drug-likeness (QED) is 0.659. The lowest BCUT2D eigenvalue weighted by Gasteiger charge is -2.08. The molecule has 0 aliphatic carbocycles. The molecule has 3 rings (SSSR count). The first kappa shape index (κ1) is 17.2. The average Bonchev–Trinajstić information content (AvgIpc) is 3.14. The fourth-order valence-corrected chi connectivity index (χ4v) is 2.53. The molecule has 0 N–H and O–H groups in total. The first-order valence-electron chi connectivity index (χ1n) is 8.08. The van der Waals surface area contributed by atoms with Crippen LogP contribution in [0.5, 0.6) is 5.75 Å². The van der Waals surface area contributed by atoms with Crippen LogP contribution in [0.4, 0.5) is 0 Å². The molecule has 6 nitrogen and oxygen atoms in total. The van der Waals surface area contributed by atoms with E-state index in [-0.39, 0.29) is 12.3 Å². The summed E-state index contributed by atoms with van der Waals surface area (Å²) in [6.45, 7) is 2.03. The maximum atomic E-state index is 12.1. The molecule has 0 atom stereocenters. The Morgan fingerprint density at radius 3 is 2.42 bits per heavy atom. The fourth-order valence-electron chi connectivity index (χ4n) is 2.53. The van der Waals surface area contributed by atoms with Gasteiger partial charge in [0.15, 0.2) is 5.69 Å². The molecule has 130 valence electrons. The molecular formula is C20H17N3O3. The van der Waals surface area contributed by atoms with Gasteiger partial charge in [-0.25, -0.2) is 9.48 Å². The third-order valence-electron chi connectivity index (χ3n) is 3.82. The van der Waals surface area contributed by atoms with Crippen molar-refractivity contribution in [1.82, 2.24) is 9.78 Å². The van der Waals surface area contributed by atoms with E-state index < -0.39 is 5.97 Å². The molecule has 0 aliphatic rings. The third kappa shape index (κ3) is 3.42. The maximum absolute atomic E-state index is 12.1. The minimum atomic E-state index is -0.477. The minimum Gasteiger partial charge on any atom is -0.497 e. The van der Waals surface area contributed by atoms with Gasteiger partial charge in [0.1, 0.15) is 5.75 Å². The predicted molar refractivity (Wildman–Crippen MR) is 96.2 cm³/mol. The van der Waals surface area contributed by atoms with Crippen molar-refractivity contribution in [3.8, 4) is 28.8 Å². The van der Waals surface area contributed by atoms with Gasteiger partial charge in [0.25, 0.3) is 0 Å². The Labute approximate surface area is 151 Å². The van der Waals surface area contributed by atoms with Crippen molar-refractivity contribution in [1.29, 1.82) is 5.26 Å². The summed E-state index contributed by atoms with van der Waals surface area (Å²) in [5.74, 6) is 0.251. The molecule has 0 saturated heterocycles. The Hall–Kier alpha value is -3.59. The van der Waals surface area contributed by atoms with Gasteiger partial charge in [0.2, 0.25) is 0 Å². The topological polar surface area (TPSA) is 77.1 Å². The van der Waals surface area contributed by atoms with Crippen LogP contribution in [0, 0.1) is 11.3 Å². The number of carbonyl (C=O) groups is 1. The van der Waals surface area contributed by atoms with Crippen LogP contribution in [0.3, 0.4) is 0 Å². The number of methoxy groups -OCH3 is 1. The second-order valence-corrected chi connectivity index (χ2v) is 5.43. The number of nitrogens with zero attached hydrogens (tertiary/aromatic N) is 3. The summed E-state index contributed by atoms with van der Waals surface area (Å²) in [5.41, 5.74) is 3.13. The molecule has 0 saturated carbocycles. The molecule has 0 aliphatic heterocycles. The van der Waals surface area contributed by atoms with Crippen LogP contribution < -0.4 is 4.74 Å². The van der Waals surface area contributed by atoms with Gasteiger partial charge in [0.05, 0.1) is 36.7 Å². The minimum absolute atomic E-state index is 0.224. The zero-order chi connectivity index (χ0) is 18.5. The normalized spacial score (nSPS) is 10.2. The van der Waals surface area contributed by atoms with E-state index in [0.717, 1.165) is 22.7 Å². The van der Waals surface area contributed by atoms with E-state index in [4.69, 9.17) is 14.7 Å². The molecule has 2 aromatic carbocycles. The molecule has 6 heteroatoms. The van der Waals surface area contributed by atoms with Crippen LogP contribution in [0.25, 0.3) is 16.9 Å².